The summed E-state index contributed by atoms with van der Waals surface area (Å²) in [4.78, 5) is 18.3. The van der Waals surface area contributed by atoms with Gasteiger partial charge in [0.15, 0.2) is 0 Å². The summed E-state index contributed by atoms with van der Waals surface area (Å²) in [5.41, 5.74) is 0.691. The van der Waals surface area contributed by atoms with Crippen LogP contribution in [0.4, 0.5) is 0 Å². The zero-order valence-electron chi connectivity index (χ0n) is 10.2. The molecule has 4 heteroatoms. The minimum atomic E-state index is -4.05. The molecule has 19 heavy (non-hydrogen) atoms. The predicted molar refractivity (Wildman–Crippen MR) is 77.2 cm³/mol. The minimum Gasteiger partial charge on any atom is -0.324 e. The first-order valence-electron chi connectivity index (χ1n) is 5.98. The van der Waals surface area contributed by atoms with Crippen LogP contribution in [0.2, 0.25) is 0 Å². The van der Waals surface area contributed by atoms with E-state index in [9.17, 15) is 4.57 Å². The van der Waals surface area contributed by atoms with E-state index in [2.05, 4.69) is 0 Å². The van der Waals surface area contributed by atoms with Crippen molar-refractivity contribution in [2.45, 2.75) is 6.16 Å². The summed E-state index contributed by atoms with van der Waals surface area (Å²) in [5.74, 6) is 0. The molecule has 0 bridgehead atoms. The first-order chi connectivity index (χ1) is 9.04. The lowest BCUT2D eigenvalue weighted by Gasteiger charge is -2.10. The van der Waals surface area contributed by atoms with Crippen molar-refractivity contribution in [2.75, 3.05) is 0 Å². The second kappa shape index (κ2) is 4.46. The molecule has 0 radical (unpaired) electrons. The third kappa shape index (κ3) is 2.41. The molecule has 0 spiro atoms. The summed E-state index contributed by atoms with van der Waals surface area (Å²) in [7, 11) is -4.05. The minimum absolute atomic E-state index is 0.220. The van der Waals surface area contributed by atoms with Gasteiger partial charge in [0, 0.05) is 0 Å². The zero-order valence-corrected chi connectivity index (χ0v) is 11.0. The smallest absolute Gasteiger partial charge is 0.324 e. The second-order valence-corrected chi connectivity index (χ2v) is 6.27. The molecule has 2 N–H and O–H groups in total. The lowest BCUT2D eigenvalue weighted by molar-refractivity contribution is 0.372. The van der Waals surface area contributed by atoms with Crippen LogP contribution in [0.1, 0.15) is 5.56 Å². The standard InChI is InChI=1S/C15H13O3P/c16-19(17,18)10-12-5-3-7-15-13-6-2-1-4-11(13)8-9-14(12)15/h1-9H,10H2,(H2,16,17,18). The van der Waals surface area contributed by atoms with Crippen molar-refractivity contribution in [1.29, 1.82) is 0 Å². The molecular weight excluding hydrogens is 259 g/mol. The van der Waals surface area contributed by atoms with E-state index in [1.54, 1.807) is 6.07 Å². The average Bonchev–Trinajstić information content (AvgIpc) is 2.37. The van der Waals surface area contributed by atoms with Crippen molar-refractivity contribution in [3.8, 4) is 0 Å². The van der Waals surface area contributed by atoms with Crippen molar-refractivity contribution < 1.29 is 14.4 Å². The van der Waals surface area contributed by atoms with Gasteiger partial charge in [-0.25, -0.2) is 0 Å². The van der Waals surface area contributed by atoms with Gasteiger partial charge in [0.2, 0.25) is 0 Å². The van der Waals surface area contributed by atoms with Gasteiger partial charge >= 0.3 is 7.60 Å². The van der Waals surface area contributed by atoms with Gasteiger partial charge < -0.3 is 9.79 Å². The summed E-state index contributed by atoms with van der Waals surface area (Å²) in [6.45, 7) is 0. The Bertz CT molecular complexity index is 805. The highest BCUT2D eigenvalue weighted by Crippen LogP contribution is 2.41. The summed E-state index contributed by atoms with van der Waals surface area (Å²) >= 11 is 0. The summed E-state index contributed by atoms with van der Waals surface area (Å²) < 4.78 is 11.2. The third-order valence-corrected chi connectivity index (χ3v) is 4.01. The van der Waals surface area contributed by atoms with Crippen molar-refractivity contribution in [3.05, 3.63) is 60.2 Å². The number of fused-ring (bicyclic) bond motifs is 3. The number of hydrogen-bond donors (Lipinski definition) is 2. The summed E-state index contributed by atoms with van der Waals surface area (Å²) in [6.07, 6.45) is -0.220. The molecule has 0 heterocycles. The van der Waals surface area contributed by atoms with E-state index in [-0.39, 0.29) is 6.16 Å². The van der Waals surface area contributed by atoms with E-state index in [1.807, 2.05) is 48.5 Å². The van der Waals surface area contributed by atoms with Crippen molar-refractivity contribution in [3.63, 3.8) is 0 Å². The fraction of sp³-hybridized carbons (Fsp3) is 0.0667. The third-order valence-electron chi connectivity index (χ3n) is 3.25. The van der Waals surface area contributed by atoms with Crippen LogP contribution in [0.3, 0.4) is 0 Å². The molecule has 3 aromatic carbocycles. The maximum Gasteiger partial charge on any atom is 0.329 e. The molecule has 0 unspecified atom stereocenters. The highest BCUT2D eigenvalue weighted by atomic mass is 31.2. The van der Waals surface area contributed by atoms with Crippen LogP contribution in [0.25, 0.3) is 21.5 Å². The predicted octanol–water partition coefficient (Wildman–Crippen LogP) is 3.67. The van der Waals surface area contributed by atoms with Gasteiger partial charge in [0.25, 0.3) is 0 Å². The average molecular weight is 272 g/mol. The van der Waals surface area contributed by atoms with Crippen LogP contribution in [0.15, 0.2) is 54.6 Å². The fourth-order valence-electron chi connectivity index (χ4n) is 2.47. The van der Waals surface area contributed by atoms with Crippen molar-refractivity contribution in [1.82, 2.24) is 0 Å². The fourth-order valence-corrected chi connectivity index (χ4v) is 3.18. The van der Waals surface area contributed by atoms with Crippen LogP contribution in [-0.2, 0) is 10.7 Å². The Kier molecular flexibility index (Phi) is 2.90. The van der Waals surface area contributed by atoms with Crippen LogP contribution in [0.5, 0.6) is 0 Å². The van der Waals surface area contributed by atoms with Gasteiger partial charge in [0.05, 0.1) is 6.16 Å². The molecule has 0 saturated carbocycles. The molecule has 0 fully saturated rings. The van der Waals surface area contributed by atoms with Crippen molar-refractivity contribution in [2.24, 2.45) is 0 Å². The first-order valence-corrected chi connectivity index (χ1v) is 7.78. The maximum atomic E-state index is 11.2. The van der Waals surface area contributed by atoms with Gasteiger partial charge in [-0.1, -0.05) is 54.6 Å². The second-order valence-electron chi connectivity index (χ2n) is 4.62. The van der Waals surface area contributed by atoms with Crippen LogP contribution in [0, 0.1) is 0 Å². The van der Waals surface area contributed by atoms with Gasteiger partial charge in [-0.15, -0.1) is 0 Å². The van der Waals surface area contributed by atoms with E-state index in [4.69, 9.17) is 9.79 Å². The summed E-state index contributed by atoms with van der Waals surface area (Å²) in [5, 5.41) is 4.17. The van der Waals surface area contributed by atoms with Gasteiger partial charge in [-0.2, -0.15) is 0 Å². The molecular formula is C15H13O3P. The quantitative estimate of drug-likeness (QED) is 0.552. The molecule has 3 nitrogen and oxygen atoms in total. The lowest BCUT2D eigenvalue weighted by Crippen LogP contribution is -1.89. The highest BCUT2D eigenvalue weighted by Gasteiger charge is 2.16. The first kappa shape index (κ1) is 12.4. The number of rotatable bonds is 2. The van der Waals surface area contributed by atoms with E-state index >= 15 is 0 Å². The zero-order chi connectivity index (χ0) is 13.5. The molecule has 0 aliphatic heterocycles. The lowest BCUT2D eigenvalue weighted by atomic mass is 9.99. The van der Waals surface area contributed by atoms with Gasteiger partial charge in [-0.3, -0.25) is 4.57 Å². The van der Waals surface area contributed by atoms with E-state index in [0.717, 1.165) is 21.5 Å². The number of hydrogen-bond acceptors (Lipinski definition) is 1. The largest absolute Gasteiger partial charge is 0.329 e. The Labute approximate surface area is 110 Å². The molecule has 3 aromatic rings. The Balaban J connectivity index is 2.32. The van der Waals surface area contributed by atoms with Gasteiger partial charge in [0.1, 0.15) is 0 Å². The Hall–Kier alpha value is -1.67. The molecule has 0 atom stereocenters. The van der Waals surface area contributed by atoms with Crippen LogP contribution >= 0.6 is 7.60 Å². The van der Waals surface area contributed by atoms with E-state index < -0.39 is 7.60 Å². The highest BCUT2D eigenvalue weighted by molar-refractivity contribution is 7.50. The normalized spacial score (nSPS) is 12.1. The molecule has 0 amide bonds. The molecule has 3 rings (SSSR count). The Morgan fingerprint density at radius 3 is 2.32 bits per heavy atom. The monoisotopic (exact) mass is 272 g/mol. The Morgan fingerprint density at radius 1 is 0.789 bits per heavy atom. The topological polar surface area (TPSA) is 57.5 Å². The van der Waals surface area contributed by atoms with Crippen LogP contribution in [-0.4, -0.2) is 9.79 Å². The maximum absolute atomic E-state index is 11.2. The summed E-state index contributed by atoms with van der Waals surface area (Å²) in [6, 6.07) is 17.5. The van der Waals surface area contributed by atoms with E-state index in [1.165, 1.54) is 0 Å². The Morgan fingerprint density at radius 2 is 1.53 bits per heavy atom. The number of benzene rings is 3. The molecule has 0 saturated heterocycles. The SMILES string of the molecule is O=P(O)(O)Cc1cccc2c1ccc1ccccc12. The van der Waals surface area contributed by atoms with Crippen molar-refractivity contribution >= 4 is 29.1 Å². The molecule has 96 valence electrons. The van der Waals surface area contributed by atoms with E-state index in [0.29, 0.717) is 5.56 Å². The molecule has 0 aliphatic rings. The van der Waals surface area contributed by atoms with Gasteiger partial charge in [-0.05, 0) is 27.1 Å². The van der Waals surface area contributed by atoms with Crippen LogP contribution < -0.4 is 0 Å². The molecule has 0 aromatic heterocycles. The molecule has 0 aliphatic carbocycles.